The Morgan fingerprint density at radius 3 is 2.50 bits per heavy atom. The molecule has 0 spiro atoms. The minimum absolute atomic E-state index is 0.518. The van der Waals surface area contributed by atoms with Crippen LogP contribution in [0.3, 0.4) is 0 Å². The summed E-state index contributed by atoms with van der Waals surface area (Å²) in [6, 6.07) is 2.07. The second-order valence-corrected chi connectivity index (χ2v) is 8.10. The first kappa shape index (κ1) is 11.2. The van der Waals surface area contributed by atoms with Gasteiger partial charge in [-0.3, -0.25) is 0 Å². The first-order valence-electron chi connectivity index (χ1n) is 4.04. The fourth-order valence-electron chi connectivity index (χ4n) is 0.497. The zero-order valence-corrected chi connectivity index (χ0v) is 9.22. The Hall–Kier alpha value is -0.823. The summed E-state index contributed by atoms with van der Waals surface area (Å²) < 4.78 is 5.31. The van der Waals surface area contributed by atoms with Crippen molar-refractivity contribution in [2.45, 2.75) is 39.4 Å². The molecule has 0 saturated carbocycles. The summed E-state index contributed by atoms with van der Waals surface area (Å²) in [6.45, 7) is 8.12. The third-order valence-electron chi connectivity index (χ3n) is 1.07. The Kier molecular flexibility index (Phi) is 4.60. The molecule has 3 nitrogen and oxygen atoms in total. The maximum atomic E-state index is 8.31. The minimum atomic E-state index is -1.53. The van der Waals surface area contributed by atoms with Crippen molar-refractivity contribution < 1.29 is 4.53 Å². The van der Waals surface area contributed by atoms with Crippen LogP contribution in [0.1, 0.15) is 19.8 Å². The summed E-state index contributed by atoms with van der Waals surface area (Å²) >= 11 is 0. The molecule has 12 heavy (non-hydrogen) atoms. The average Bonchev–Trinajstić information content (AvgIpc) is 1.95. The van der Waals surface area contributed by atoms with E-state index in [1.165, 1.54) is 0 Å². The third kappa shape index (κ3) is 7.29. The molecule has 4 heteroatoms. The van der Waals surface area contributed by atoms with E-state index in [9.17, 15) is 0 Å². The van der Waals surface area contributed by atoms with Gasteiger partial charge in [-0.15, -0.1) is 5.16 Å². The molecular formula is C8H16N2OSi. The maximum absolute atomic E-state index is 8.31. The largest absolute Gasteiger partial charge is 0.456 e. The third-order valence-corrected chi connectivity index (χ3v) is 1.71. The van der Waals surface area contributed by atoms with Crippen LogP contribution in [0, 0.1) is 11.3 Å². The highest BCUT2D eigenvalue weighted by Gasteiger charge is 2.15. The Balaban J connectivity index is 3.78. The van der Waals surface area contributed by atoms with E-state index in [0.29, 0.717) is 12.8 Å². The van der Waals surface area contributed by atoms with E-state index in [1.54, 1.807) is 0 Å². The number of rotatable bonds is 4. The van der Waals surface area contributed by atoms with E-state index in [2.05, 4.69) is 30.9 Å². The molecule has 0 aliphatic rings. The van der Waals surface area contributed by atoms with Gasteiger partial charge in [0.15, 0.2) is 0 Å². The van der Waals surface area contributed by atoms with Crippen molar-refractivity contribution in [2.75, 3.05) is 0 Å². The van der Waals surface area contributed by atoms with Gasteiger partial charge in [-0.05, 0) is 26.6 Å². The molecule has 0 amide bonds. The lowest BCUT2D eigenvalue weighted by Gasteiger charge is -2.13. The van der Waals surface area contributed by atoms with Crippen molar-refractivity contribution in [3.63, 3.8) is 0 Å². The number of hydrogen-bond donors (Lipinski definition) is 0. The predicted molar refractivity (Wildman–Crippen MR) is 52.4 cm³/mol. The normalized spacial score (nSPS) is 12.4. The van der Waals surface area contributed by atoms with E-state index < -0.39 is 8.32 Å². The molecule has 0 atom stereocenters. The van der Waals surface area contributed by atoms with Crippen LogP contribution in [-0.2, 0) is 4.53 Å². The van der Waals surface area contributed by atoms with Crippen LogP contribution in [-0.4, -0.2) is 14.0 Å². The average molecular weight is 184 g/mol. The second-order valence-electron chi connectivity index (χ2n) is 3.69. The first-order valence-corrected chi connectivity index (χ1v) is 7.45. The van der Waals surface area contributed by atoms with Gasteiger partial charge in [0.05, 0.1) is 11.8 Å². The summed E-state index contributed by atoms with van der Waals surface area (Å²) in [5, 5.41) is 12.3. The standard InChI is InChI=1S/C8H16N2OSi/c1-8(6-5-7-9)10-11-12(2,3)4/h5-6H2,1-4H3. The lowest BCUT2D eigenvalue weighted by molar-refractivity contribution is 0.333. The van der Waals surface area contributed by atoms with Crippen LogP contribution in [0.5, 0.6) is 0 Å². The zero-order chi connectivity index (χ0) is 9.61. The van der Waals surface area contributed by atoms with Crippen LogP contribution in [0.25, 0.3) is 0 Å². The highest BCUT2D eigenvalue weighted by Crippen LogP contribution is 2.04. The van der Waals surface area contributed by atoms with E-state index in [4.69, 9.17) is 9.79 Å². The Morgan fingerprint density at radius 2 is 2.08 bits per heavy atom. The molecule has 0 bridgehead atoms. The van der Waals surface area contributed by atoms with Crippen molar-refractivity contribution in [2.24, 2.45) is 5.16 Å². The predicted octanol–water partition coefficient (Wildman–Crippen LogP) is 2.52. The van der Waals surface area contributed by atoms with Gasteiger partial charge in [0.1, 0.15) is 0 Å². The molecule has 0 rings (SSSR count). The van der Waals surface area contributed by atoms with Crippen LogP contribution < -0.4 is 0 Å². The lowest BCUT2D eigenvalue weighted by Crippen LogP contribution is -2.22. The molecule has 0 aromatic rings. The molecule has 0 aliphatic heterocycles. The Labute approximate surface area is 75.2 Å². The molecule has 0 N–H and O–H groups in total. The zero-order valence-electron chi connectivity index (χ0n) is 8.22. The van der Waals surface area contributed by atoms with E-state index in [1.807, 2.05) is 6.92 Å². The molecular weight excluding hydrogens is 168 g/mol. The van der Waals surface area contributed by atoms with Gasteiger partial charge < -0.3 is 4.53 Å². The second kappa shape index (κ2) is 4.94. The molecule has 0 aliphatic carbocycles. The Bertz CT molecular complexity index is 200. The summed E-state index contributed by atoms with van der Waals surface area (Å²) in [7, 11) is -1.53. The molecule has 0 aromatic heterocycles. The van der Waals surface area contributed by atoms with E-state index in [-0.39, 0.29) is 0 Å². The lowest BCUT2D eigenvalue weighted by atomic mass is 10.2. The molecule has 0 saturated heterocycles. The number of nitriles is 1. The number of oxime groups is 1. The van der Waals surface area contributed by atoms with Crippen LogP contribution in [0.15, 0.2) is 5.16 Å². The summed E-state index contributed by atoms with van der Waals surface area (Å²) in [5.41, 5.74) is 0.902. The minimum Gasteiger partial charge on any atom is -0.456 e. The van der Waals surface area contributed by atoms with Gasteiger partial charge in [-0.2, -0.15) is 5.26 Å². The van der Waals surface area contributed by atoms with Crippen LogP contribution >= 0.6 is 0 Å². The SMILES string of the molecule is CC(CCC#N)=NO[Si](C)(C)C. The van der Waals surface area contributed by atoms with Crippen molar-refractivity contribution >= 4 is 14.0 Å². The van der Waals surface area contributed by atoms with Gasteiger partial charge >= 0.3 is 0 Å². The highest BCUT2D eigenvalue weighted by molar-refractivity contribution is 6.69. The van der Waals surface area contributed by atoms with Gasteiger partial charge in [0.2, 0.25) is 0 Å². The van der Waals surface area contributed by atoms with Crippen LogP contribution in [0.4, 0.5) is 0 Å². The quantitative estimate of drug-likeness (QED) is 0.383. The Morgan fingerprint density at radius 1 is 1.50 bits per heavy atom. The van der Waals surface area contributed by atoms with E-state index >= 15 is 0 Å². The number of hydrogen-bond acceptors (Lipinski definition) is 3. The van der Waals surface area contributed by atoms with Crippen molar-refractivity contribution in [1.82, 2.24) is 0 Å². The topological polar surface area (TPSA) is 45.4 Å². The first-order chi connectivity index (χ1) is 5.45. The highest BCUT2D eigenvalue weighted by atomic mass is 28.4. The van der Waals surface area contributed by atoms with Crippen LogP contribution in [0.2, 0.25) is 19.6 Å². The molecule has 0 fully saturated rings. The summed E-state index contributed by atoms with van der Waals surface area (Å²) in [6.07, 6.45) is 1.23. The molecule has 0 aromatic carbocycles. The van der Waals surface area contributed by atoms with Gasteiger partial charge in [0, 0.05) is 12.8 Å². The molecule has 68 valence electrons. The molecule has 0 radical (unpaired) electrons. The van der Waals surface area contributed by atoms with Gasteiger partial charge in [-0.1, -0.05) is 0 Å². The number of nitrogens with zero attached hydrogens (tertiary/aromatic N) is 2. The van der Waals surface area contributed by atoms with Gasteiger partial charge in [-0.25, -0.2) is 0 Å². The fraction of sp³-hybridized carbons (Fsp3) is 0.750. The summed E-state index contributed by atoms with van der Waals surface area (Å²) in [5.74, 6) is 0. The maximum Gasteiger partial charge on any atom is 0.278 e. The molecule has 0 heterocycles. The van der Waals surface area contributed by atoms with Gasteiger partial charge in [0.25, 0.3) is 8.32 Å². The van der Waals surface area contributed by atoms with Crippen molar-refractivity contribution in [3.05, 3.63) is 0 Å². The van der Waals surface area contributed by atoms with Crippen molar-refractivity contribution in [1.29, 1.82) is 5.26 Å². The molecule has 0 unspecified atom stereocenters. The monoisotopic (exact) mass is 184 g/mol. The van der Waals surface area contributed by atoms with E-state index in [0.717, 1.165) is 5.71 Å². The summed E-state index contributed by atoms with van der Waals surface area (Å²) in [4.78, 5) is 0. The fourth-order valence-corrected chi connectivity index (χ4v) is 0.927. The van der Waals surface area contributed by atoms with Crippen molar-refractivity contribution in [3.8, 4) is 6.07 Å². The smallest absolute Gasteiger partial charge is 0.278 e.